The summed E-state index contributed by atoms with van der Waals surface area (Å²) in [7, 11) is 3.96. The minimum atomic E-state index is -0.441. The minimum absolute atomic E-state index is 0.0429. The van der Waals surface area contributed by atoms with Gasteiger partial charge in [-0.15, -0.1) is 4.68 Å². The number of pyridine rings is 1. The van der Waals surface area contributed by atoms with Crippen LogP contribution in [0.25, 0.3) is 17.0 Å². The number of aromatic amines is 1. The molecule has 3 aromatic rings. The second kappa shape index (κ2) is 9.46. The number of nitrogens with zero attached hydrogens (tertiary/aromatic N) is 6. The van der Waals surface area contributed by atoms with E-state index in [9.17, 15) is 4.79 Å². The zero-order chi connectivity index (χ0) is 24.6. The number of H-pyrrole nitrogens is 1. The Morgan fingerprint density at radius 1 is 1.26 bits per heavy atom. The average molecular weight is 485 g/mol. The van der Waals surface area contributed by atoms with E-state index in [0.29, 0.717) is 38.1 Å². The maximum absolute atomic E-state index is 15.1. The number of nitrogens with one attached hydrogen (secondary N) is 2. The second-order valence-corrected chi connectivity index (χ2v) is 9.91. The zero-order valence-electron chi connectivity index (χ0n) is 20.5. The highest BCUT2D eigenvalue weighted by Gasteiger charge is 2.42. The normalized spacial score (nSPS) is 21.3. The van der Waals surface area contributed by atoms with Gasteiger partial charge in [0.2, 0.25) is 0 Å². The van der Waals surface area contributed by atoms with Crippen LogP contribution in [0.1, 0.15) is 31.4 Å². The molecular weight excluding hydrogens is 451 g/mol. The molecule has 11 heteroatoms. The third kappa shape index (κ3) is 4.70. The highest BCUT2D eigenvalue weighted by Crippen LogP contribution is 2.32. The molecule has 5 rings (SSSR count). The van der Waals surface area contributed by atoms with Crippen molar-refractivity contribution in [3.63, 3.8) is 0 Å². The fraction of sp³-hybridized carbons (Fsp3) is 0.542. The van der Waals surface area contributed by atoms with Crippen molar-refractivity contribution in [2.75, 3.05) is 40.4 Å². The van der Waals surface area contributed by atoms with Gasteiger partial charge in [-0.25, -0.2) is 14.9 Å². The first-order chi connectivity index (χ1) is 16.8. The molecule has 1 saturated heterocycles. The predicted molar refractivity (Wildman–Crippen MR) is 129 cm³/mol. The van der Waals surface area contributed by atoms with E-state index >= 15 is 4.39 Å². The van der Waals surface area contributed by atoms with Gasteiger partial charge in [-0.2, -0.15) is 4.39 Å². The lowest BCUT2D eigenvalue weighted by Gasteiger charge is -2.40. The first-order valence-corrected chi connectivity index (χ1v) is 12.2. The number of ether oxygens (including phenoxy) is 1. The number of urea groups is 1. The van der Waals surface area contributed by atoms with Crippen LogP contribution in [0.4, 0.5) is 15.0 Å². The minimum Gasteiger partial charge on any atom is -0.378 e. The largest absolute Gasteiger partial charge is 0.461 e. The van der Waals surface area contributed by atoms with Crippen molar-refractivity contribution in [3.8, 4) is 5.95 Å². The third-order valence-corrected chi connectivity index (χ3v) is 7.26. The van der Waals surface area contributed by atoms with Crippen LogP contribution < -0.4 is 14.5 Å². The molecule has 1 aliphatic carbocycles. The molecule has 2 amide bonds. The van der Waals surface area contributed by atoms with Crippen LogP contribution >= 0.6 is 0 Å². The SMILES string of the molecule is Cc1ccc2c(c[nH][n+]2-c2ncc(F)c([N+](C)(C)[C@H]3CCC[C@@H](NC(=O)N4CCOCC4)C3)n2)n1. The van der Waals surface area contributed by atoms with Gasteiger partial charge in [0.05, 0.1) is 39.5 Å². The molecule has 2 aliphatic rings. The van der Waals surface area contributed by atoms with Crippen molar-refractivity contribution >= 4 is 22.9 Å². The molecule has 4 heterocycles. The number of amides is 2. The summed E-state index contributed by atoms with van der Waals surface area (Å²) in [5.74, 6) is 0.250. The molecule has 2 fully saturated rings. The van der Waals surface area contributed by atoms with Crippen molar-refractivity contribution in [2.45, 2.75) is 44.7 Å². The molecule has 35 heavy (non-hydrogen) atoms. The molecule has 0 aromatic carbocycles. The fourth-order valence-electron chi connectivity index (χ4n) is 5.17. The summed E-state index contributed by atoms with van der Waals surface area (Å²) in [6.07, 6.45) is 6.58. The van der Waals surface area contributed by atoms with E-state index in [-0.39, 0.29) is 22.6 Å². The summed E-state index contributed by atoms with van der Waals surface area (Å²) >= 11 is 0. The average Bonchev–Trinajstić information content (AvgIpc) is 3.28. The Kier molecular flexibility index (Phi) is 6.37. The molecule has 0 radical (unpaired) electrons. The molecule has 0 spiro atoms. The van der Waals surface area contributed by atoms with Crippen LogP contribution in [0.5, 0.6) is 0 Å². The van der Waals surface area contributed by atoms with E-state index < -0.39 is 5.82 Å². The number of aromatic nitrogens is 5. The number of hydrogen-bond donors (Lipinski definition) is 2. The topological polar surface area (TPSA) is 99.9 Å². The number of fused-ring (bicyclic) bond motifs is 1. The summed E-state index contributed by atoms with van der Waals surface area (Å²) in [6, 6.07) is 3.97. The van der Waals surface area contributed by atoms with Crippen LogP contribution in [-0.2, 0) is 4.74 Å². The van der Waals surface area contributed by atoms with Gasteiger partial charge < -0.3 is 15.0 Å². The Hall–Kier alpha value is -3.18. The number of aryl methyl sites for hydroxylation is 1. The lowest BCUT2D eigenvalue weighted by atomic mass is 9.89. The smallest absolute Gasteiger partial charge is 0.378 e. The first kappa shape index (κ1) is 23.6. The number of carbonyl (C=O) groups excluding carboxylic acids is 1. The number of quaternary nitrogens is 1. The van der Waals surface area contributed by atoms with Gasteiger partial charge in [0.1, 0.15) is 5.52 Å². The Morgan fingerprint density at radius 3 is 2.86 bits per heavy atom. The maximum atomic E-state index is 15.1. The number of rotatable bonds is 4. The molecule has 1 aliphatic heterocycles. The summed E-state index contributed by atoms with van der Waals surface area (Å²) in [6.45, 7) is 4.30. The number of halogens is 1. The summed E-state index contributed by atoms with van der Waals surface area (Å²) < 4.78 is 22.5. The molecule has 2 N–H and O–H groups in total. The van der Waals surface area contributed by atoms with Crippen LogP contribution in [0.2, 0.25) is 0 Å². The Balaban J connectivity index is 1.37. The van der Waals surface area contributed by atoms with E-state index in [1.165, 1.54) is 6.20 Å². The molecule has 1 saturated carbocycles. The van der Waals surface area contributed by atoms with Crippen LogP contribution in [0.15, 0.2) is 24.5 Å². The van der Waals surface area contributed by atoms with Gasteiger partial charge in [0, 0.05) is 37.7 Å². The van der Waals surface area contributed by atoms with Crippen molar-refractivity contribution in [1.82, 2.24) is 34.8 Å². The lowest BCUT2D eigenvalue weighted by molar-refractivity contribution is -0.637. The molecule has 0 unspecified atom stereocenters. The number of morpholine rings is 1. The van der Waals surface area contributed by atoms with Crippen molar-refractivity contribution in [2.24, 2.45) is 0 Å². The monoisotopic (exact) mass is 484 g/mol. The van der Waals surface area contributed by atoms with Crippen molar-refractivity contribution in [3.05, 3.63) is 36.0 Å². The number of carbonyl (C=O) groups is 1. The zero-order valence-corrected chi connectivity index (χ0v) is 20.5. The predicted octanol–water partition coefficient (Wildman–Crippen LogP) is 2.00. The van der Waals surface area contributed by atoms with Gasteiger partial charge >= 0.3 is 17.8 Å². The Bertz CT molecular complexity index is 1220. The van der Waals surface area contributed by atoms with Crippen LogP contribution in [0, 0.1) is 12.7 Å². The van der Waals surface area contributed by atoms with Gasteiger partial charge in [-0.3, -0.25) is 4.48 Å². The summed E-state index contributed by atoms with van der Waals surface area (Å²) in [5.41, 5.74) is 2.52. The van der Waals surface area contributed by atoms with Crippen molar-refractivity contribution < 1.29 is 18.6 Å². The Morgan fingerprint density at radius 2 is 2.06 bits per heavy atom. The van der Waals surface area contributed by atoms with Crippen molar-refractivity contribution in [1.29, 1.82) is 0 Å². The first-order valence-electron chi connectivity index (χ1n) is 12.2. The van der Waals surface area contributed by atoms with Crippen LogP contribution in [-0.4, -0.2) is 83.5 Å². The summed E-state index contributed by atoms with van der Waals surface area (Å²) in [5, 5.41) is 6.33. The second-order valence-electron chi connectivity index (χ2n) is 9.91. The molecule has 0 bridgehead atoms. The lowest BCUT2D eigenvalue weighted by Crippen LogP contribution is -2.57. The van der Waals surface area contributed by atoms with E-state index in [4.69, 9.17) is 4.74 Å². The Labute approximate surface area is 203 Å². The standard InChI is InChI=1S/C24H31FN8O2/c1-16-7-8-21-20(28-16)15-27-32(21)23-26-14-19(25)22(30-23)33(2,3)18-6-4-5-17(13-18)29-24(34)31-9-11-35-12-10-31/h7-8,14-15,17-18H,4-6,9-13H2,1-3H3/p+2/t17-,18+/m1/s1. The molecule has 186 valence electrons. The highest BCUT2D eigenvalue weighted by atomic mass is 19.1. The molecule has 10 nitrogen and oxygen atoms in total. The highest BCUT2D eigenvalue weighted by molar-refractivity contribution is 5.74. The van der Waals surface area contributed by atoms with Crippen LogP contribution in [0.3, 0.4) is 0 Å². The van der Waals surface area contributed by atoms with Gasteiger partial charge in [0.25, 0.3) is 5.82 Å². The van der Waals surface area contributed by atoms with E-state index in [1.807, 2.05) is 33.2 Å². The van der Waals surface area contributed by atoms with Gasteiger partial charge in [-0.05, 0) is 36.9 Å². The quantitative estimate of drug-likeness (QED) is 0.436. The third-order valence-electron chi connectivity index (χ3n) is 7.26. The molecule has 3 aromatic heterocycles. The molecule has 2 atom stereocenters. The fourth-order valence-corrected chi connectivity index (χ4v) is 5.17. The maximum Gasteiger partial charge on any atom is 0.461 e. The van der Waals surface area contributed by atoms with Gasteiger partial charge in [0.15, 0.2) is 11.7 Å². The van der Waals surface area contributed by atoms with E-state index in [2.05, 4.69) is 25.4 Å². The van der Waals surface area contributed by atoms with E-state index in [0.717, 1.165) is 42.4 Å². The summed E-state index contributed by atoms with van der Waals surface area (Å²) in [4.78, 5) is 28.0. The number of hydrogen-bond acceptors (Lipinski definition) is 5. The van der Waals surface area contributed by atoms with E-state index in [1.54, 1.807) is 15.8 Å². The molecular formula is C24H33FN8O2+2. The van der Waals surface area contributed by atoms with Gasteiger partial charge in [-0.1, -0.05) is 4.98 Å².